The van der Waals surface area contributed by atoms with Gasteiger partial charge in [0.25, 0.3) is 5.91 Å². The van der Waals surface area contributed by atoms with Crippen LogP contribution in [0, 0.1) is 5.41 Å². The van der Waals surface area contributed by atoms with Crippen molar-refractivity contribution in [3.8, 4) is 0 Å². The van der Waals surface area contributed by atoms with Crippen LogP contribution in [0.15, 0.2) is 17.7 Å². The molecule has 1 amide bonds. The van der Waals surface area contributed by atoms with E-state index >= 15 is 0 Å². The highest BCUT2D eigenvalue weighted by Crippen LogP contribution is 2.36. The van der Waals surface area contributed by atoms with E-state index in [1.54, 1.807) is 0 Å². The van der Waals surface area contributed by atoms with Crippen LogP contribution in [0.4, 0.5) is 0 Å². The number of pyridine rings is 1. The van der Waals surface area contributed by atoms with E-state index in [9.17, 15) is 4.79 Å². The van der Waals surface area contributed by atoms with Crippen LogP contribution < -0.4 is 5.73 Å². The third-order valence-electron chi connectivity index (χ3n) is 3.79. The van der Waals surface area contributed by atoms with Gasteiger partial charge in [0.15, 0.2) is 0 Å². The van der Waals surface area contributed by atoms with Gasteiger partial charge in [0.2, 0.25) is 0 Å². The summed E-state index contributed by atoms with van der Waals surface area (Å²) in [7, 11) is 0. The molecule has 2 aromatic rings. The van der Waals surface area contributed by atoms with E-state index in [1.165, 1.54) is 22.5 Å². The molecule has 0 saturated heterocycles. The molecule has 0 bridgehead atoms. The number of hydrogen-bond donors (Lipinski definition) is 1. The summed E-state index contributed by atoms with van der Waals surface area (Å²) in [4.78, 5) is 17.5. The molecule has 0 atom stereocenters. The predicted molar refractivity (Wildman–Crippen MR) is 83.9 cm³/mol. The fraction of sp³-hybridized carbons (Fsp3) is 0.375. The summed E-state index contributed by atoms with van der Waals surface area (Å²) < 4.78 is 0. The lowest BCUT2D eigenvalue weighted by Crippen LogP contribution is -2.14. The maximum Gasteiger partial charge on any atom is 0.258 e. The van der Waals surface area contributed by atoms with Gasteiger partial charge in [-0.2, -0.15) is 0 Å². The highest BCUT2D eigenvalue weighted by Gasteiger charge is 2.22. The number of aromatic nitrogens is 1. The summed E-state index contributed by atoms with van der Waals surface area (Å²) >= 11 is 1.38. The van der Waals surface area contributed by atoms with Gasteiger partial charge >= 0.3 is 0 Å². The number of aryl methyl sites for hydroxylation is 1. The predicted octanol–water partition coefficient (Wildman–Crippen LogP) is 3.77. The third kappa shape index (κ3) is 2.24. The molecular weight excluding hydrogens is 268 g/mol. The van der Waals surface area contributed by atoms with Crippen molar-refractivity contribution in [2.45, 2.75) is 33.6 Å². The summed E-state index contributed by atoms with van der Waals surface area (Å²) in [6, 6.07) is 3.97. The van der Waals surface area contributed by atoms with E-state index in [0.717, 1.165) is 28.8 Å². The van der Waals surface area contributed by atoms with Gasteiger partial charge in [-0.3, -0.25) is 4.79 Å². The fourth-order valence-electron chi connectivity index (χ4n) is 2.58. The molecule has 0 radical (unpaired) electrons. The van der Waals surface area contributed by atoms with Crippen molar-refractivity contribution in [2.75, 3.05) is 0 Å². The third-order valence-corrected chi connectivity index (χ3v) is 4.85. The molecule has 0 saturated carbocycles. The molecule has 0 fully saturated rings. The molecule has 0 aliphatic heterocycles. The lowest BCUT2D eigenvalue weighted by Gasteiger charge is -2.26. The Bertz CT molecular complexity index is 735. The lowest BCUT2D eigenvalue weighted by molar-refractivity contribution is 0.100. The maximum atomic E-state index is 11.3. The molecule has 4 heteroatoms. The number of allylic oxidation sites excluding steroid dienone is 1. The van der Waals surface area contributed by atoms with Crippen LogP contribution in [-0.2, 0) is 6.42 Å². The van der Waals surface area contributed by atoms with E-state index in [4.69, 9.17) is 10.7 Å². The van der Waals surface area contributed by atoms with Gasteiger partial charge in [0, 0.05) is 11.1 Å². The number of carbonyl (C=O) groups excluding carboxylic acids is 1. The van der Waals surface area contributed by atoms with Crippen LogP contribution >= 0.6 is 11.3 Å². The first-order valence-corrected chi connectivity index (χ1v) is 7.60. The summed E-state index contributed by atoms with van der Waals surface area (Å²) in [5.41, 5.74) is 9.30. The number of hydrogen-bond acceptors (Lipinski definition) is 3. The molecule has 2 aromatic heterocycles. The van der Waals surface area contributed by atoms with Crippen molar-refractivity contribution < 1.29 is 4.79 Å². The first-order valence-electron chi connectivity index (χ1n) is 6.79. The van der Waals surface area contributed by atoms with Crippen molar-refractivity contribution in [1.29, 1.82) is 0 Å². The zero-order valence-electron chi connectivity index (χ0n) is 12.0. The standard InChI is InChI=1S/C16H18N2OS/c1-16(2,3)11-4-5-12-9(7-11)6-10-8-13(14(17)19)20-15(10)18-12/h6-8H,4-5H2,1-3H3,(H2,17,19). The van der Waals surface area contributed by atoms with Crippen LogP contribution in [-0.4, -0.2) is 10.9 Å². The monoisotopic (exact) mass is 286 g/mol. The van der Waals surface area contributed by atoms with Gasteiger partial charge in [-0.1, -0.05) is 32.4 Å². The number of fused-ring (bicyclic) bond motifs is 2. The Morgan fingerprint density at radius 3 is 2.70 bits per heavy atom. The van der Waals surface area contributed by atoms with E-state index in [1.807, 2.05) is 6.07 Å². The molecule has 2 N–H and O–H groups in total. The number of amides is 1. The van der Waals surface area contributed by atoms with Crippen molar-refractivity contribution in [3.63, 3.8) is 0 Å². The normalized spacial score (nSPS) is 15.1. The Kier molecular flexibility index (Phi) is 2.94. The smallest absolute Gasteiger partial charge is 0.258 e. The van der Waals surface area contributed by atoms with Crippen LogP contribution in [0.2, 0.25) is 0 Å². The average molecular weight is 286 g/mol. The molecule has 20 heavy (non-hydrogen) atoms. The minimum absolute atomic E-state index is 0.194. The van der Waals surface area contributed by atoms with Crippen LogP contribution in [0.3, 0.4) is 0 Å². The van der Waals surface area contributed by atoms with E-state index in [-0.39, 0.29) is 11.3 Å². The van der Waals surface area contributed by atoms with E-state index in [0.29, 0.717) is 4.88 Å². The van der Waals surface area contributed by atoms with E-state index in [2.05, 4.69) is 32.9 Å². The second kappa shape index (κ2) is 4.42. The number of thiophene rings is 1. The second-order valence-corrected chi connectivity index (χ2v) is 7.34. The number of carbonyl (C=O) groups is 1. The van der Waals surface area contributed by atoms with Gasteiger partial charge in [-0.25, -0.2) is 4.98 Å². The Hall–Kier alpha value is -1.68. The zero-order chi connectivity index (χ0) is 14.5. The molecule has 0 spiro atoms. The van der Waals surface area contributed by atoms with Crippen molar-refractivity contribution in [1.82, 2.24) is 4.98 Å². The molecule has 0 aromatic carbocycles. The Morgan fingerprint density at radius 1 is 1.30 bits per heavy atom. The van der Waals surface area contributed by atoms with Gasteiger partial charge in [-0.15, -0.1) is 11.3 Å². The fourth-order valence-corrected chi connectivity index (χ4v) is 3.46. The van der Waals surface area contributed by atoms with Gasteiger partial charge in [0.1, 0.15) is 4.83 Å². The molecule has 1 aliphatic carbocycles. The molecule has 0 unspecified atom stereocenters. The highest BCUT2D eigenvalue weighted by atomic mass is 32.1. The summed E-state index contributed by atoms with van der Waals surface area (Å²) in [6.07, 6.45) is 4.29. The molecule has 2 heterocycles. The summed E-state index contributed by atoms with van der Waals surface area (Å²) in [6.45, 7) is 6.72. The molecular formula is C16H18N2OS. The Balaban J connectivity index is 2.13. The minimum Gasteiger partial charge on any atom is -0.365 e. The summed E-state index contributed by atoms with van der Waals surface area (Å²) in [5, 5.41) is 1.01. The maximum absolute atomic E-state index is 11.3. The second-order valence-electron chi connectivity index (χ2n) is 6.31. The van der Waals surface area contributed by atoms with Crippen molar-refractivity contribution in [2.24, 2.45) is 11.1 Å². The number of primary amides is 1. The van der Waals surface area contributed by atoms with E-state index < -0.39 is 0 Å². The SMILES string of the molecule is CC(C)(C)C1=Cc2cc3cc(C(N)=O)sc3nc2CC1. The van der Waals surface area contributed by atoms with Gasteiger partial charge in [0.05, 0.1) is 4.88 Å². The number of nitrogens with zero attached hydrogens (tertiary/aromatic N) is 1. The van der Waals surface area contributed by atoms with Crippen LogP contribution in [0.25, 0.3) is 16.3 Å². The Morgan fingerprint density at radius 2 is 2.05 bits per heavy atom. The van der Waals surface area contributed by atoms with Gasteiger partial charge < -0.3 is 5.73 Å². The first-order chi connectivity index (χ1) is 9.34. The zero-order valence-corrected chi connectivity index (χ0v) is 12.8. The van der Waals surface area contributed by atoms with Crippen molar-refractivity contribution >= 4 is 33.5 Å². The quantitative estimate of drug-likeness (QED) is 0.867. The largest absolute Gasteiger partial charge is 0.365 e. The highest BCUT2D eigenvalue weighted by molar-refractivity contribution is 7.20. The van der Waals surface area contributed by atoms with Crippen LogP contribution in [0.5, 0.6) is 0 Å². The van der Waals surface area contributed by atoms with Gasteiger partial charge in [-0.05, 0) is 36.0 Å². The minimum atomic E-state index is -0.378. The Labute approximate surface area is 122 Å². The first kappa shape index (κ1) is 13.3. The lowest BCUT2D eigenvalue weighted by atomic mass is 9.79. The topological polar surface area (TPSA) is 56.0 Å². The van der Waals surface area contributed by atoms with Crippen molar-refractivity contribution in [3.05, 3.63) is 33.8 Å². The molecule has 1 aliphatic rings. The average Bonchev–Trinajstić information content (AvgIpc) is 2.77. The number of rotatable bonds is 1. The summed E-state index contributed by atoms with van der Waals surface area (Å²) in [5.74, 6) is -0.378. The molecule has 3 nitrogen and oxygen atoms in total. The molecule has 3 rings (SSSR count). The molecule has 104 valence electrons. The number of nitrogens with two attached hydrogens (primary N) is 1. The van der Waals surface area contributed by atoms with Crippen LogP contribution in [0.1, 0.15) is 48.1 Å².